The Balaban J connectivity index is 2.29. The molecule has 3 N–H and O–H groups in total. The highest BCUT2D eigenvalue weighted by Crippen LogP contribution is 2.40. The van der Waals surface area contributed by atoms with Crippen molar-refractivity contribution in [1.29, 1.82) is 0 Å². The van der Waals surface area contributed by atoms with E-state index in [4.69, 9.17) is 17.3 Å². The number of aromatic nitrogens is 2. The number of hydrogen-bond acceptors (Lipinski definition) is 3. The van der Waals surface area contributed by atoms with Crippen LogP contribution in [-0.2, 0) is 0 Å². The number of nitrogens with zero attached hydrogens (tertiary/aromatic N) is 1. The van der Waals surface area contributed by atoms with Gasteiger partial charge in [-0.05, 0) is 23.6 Å². The van der Waals surface area contributed by atoms with E-state index in [9.17, 15) is 4.39 Å². The minimum absolute atomic E-state index is 0.232. The molecule has 0 bridgehead atoms. The maximum atomic E-state index is 14.0. The van der Waals surface area contributed by atoms with Gasteiger partial charge in [-0.15, -0.1) is 11.3 Å². The molecule has 3 aromatic rings. The van der Waals surface area contributed by atoms with E-state index in [1.165, 1.54) is 17.4 Å². The minimum Gasteiger partial charge on any atom is -0.382 e. The van der Waals surface area contributed by atoms with E-state index in [2.05, 4.69) is 10.2 Å². The van der Waals surface area contributed by atoms with Crippen LogP contribution in [0.15, 0.2) is 35.7 Å². The number of nitrogens with two attached hydrogens (primary N) is 1. The maximum Gasteiger partial charge on any atom is 0.153 e. The Labute approximate surface area is 117 Å². The van der Waals surface area contributed by atoms with Crippen LogP contribution in [0.1, 0.15) is 0 Å². The zero-order chi connectivity index (χ0) is 13.4. The lowest BCUT2D eigenvalue weighted by Gasteiger charge is -2.06. The smallest absolute Gasteiger partial charge is 0.153 e. The molecular formula is C13H9ClFN3S. The topological polar surface area (TPSA) is 54.7 Å². The van der Waals surface area contributed by atoms with Crippen molar-refractivity contribution in [3.05, 3.63) is 46.6 Å². The number of nitrogen functional groups attached to an aromatic ring is 1. The van der Waals surface area contributed by atoms with Gasteiger partial charge in [0.15, 0.2) is 5.82 Å². The summed E-state index contributed by atoms with van der Waals surface area (Å²) in [5.41, 5.74) is 7.32. The summed E-state index contributed by atoms with van der Waals surface area (Å²) in [4.78, 5) is 0.929. The standard InChI is InChI=1S/C13H9ClFN3S/c14-7-3-1-4-8(15)10(7)11-12(17-18-13(11)16)9-5-2-6-19-9/h1-6H,(H3,16,17,18). The average molecular weight is 294 g/mol. The Kier molecular flexibility index (Phi) is 3.00. The predicted molar refractivity (Wildman–Crippen MR) is 76.7 cm³/mol. The number of rotatable bonds is 2. The molecule has 0 fully saturated rings. The molecule has 19 heavy (non-hydrogen) atoms. The van der Waals surface area contributed by atoms with Crippen molar-refractivity contribution >= 4 is 28.8 Å². The first-order valence-electron chi connectivity index (χ1n) is 5.50. The molecular weight excluding hydrogens is 285 g/mol. The molecule has 0 saturated heterocycles. The number of aromatic amines is 1. The molecule has 6 heteroatoms. The van der Waals surface area contributed by atoms with Gasteiger partial charge in [0.25, 0.3) is 0 Å². The van der Waals surface area contributed by atoms with Gasteiger partial charge in [-0.1, -0.05) is 23.7 Å². The lowest BCUT2D eigenvalue weighted by atomic mass is 10.0. The second-order valence-electron chi connectivity index (χ2n) is 3.93. The Hall–Kier alpha value is -1.85. The molecule has 3 rings (SSSR count). The van der Waals surface area contributed by atoms with Gasteiger partial charge in [0.2, 0.25) is 0 Å². The molecule has 0 spiro atoms. The van der Waals surface area contributed by atoms with E-state index < -0.39 is 5.82 Å². The van der Waals surface area contributed by atoms with Gasteiger partial charge in [-0.3, -0.25) is 5.10 Å². The summed E-state index contributed by atoms with van der Waals surface area (Å²) in [5.74, 6) is -0.186. The fourth-order valence-corrected chi connectivity index (χ4v) is 2.93. The molecule has 96 valence electrons. The molecule has 2 aromatic heterocycles. The lowest BCUT2D eigenvalue weighted by Crippen LogP contribution is -1.92. The van der Waals surface area contributed by atoms with Crippen LogP contribution in [0.25, 0.3) is 21.7 Å². The molecule has 0 saturated carbocycles. The molecule has 0 aliphatic carbocycles. The summed E-state index contributed by atoms with van der Waals surface area (Å²) in [7, 11) is 0. The van der Waals surface area contributed by atoms with Gasteiger partial charge in [-0.25, -0.2) is 4.39 Å². The second kappa shape index (κ2) is 4.68. The third-order valence-electron chi connectivity index (χ3n) is 2.77. The monoisotopic (exact) mass is 293 g/mol. The highest BCUT2D eigenvalue weighted by atomic mass is 35.5. The fourth-order valence-electron chi connectivity index (χ4n) is 1.94. The predicted octanol–water partition coefficient (Wildman–Crippen LogP) is 4.18. The van der Waals surface area contributed by atoms with Gasteiger partial charge >= 0.3 is 0 Å². The van der Waals surface area contributed by atoms with Crippen molar-refractivity contribution in [2.24, 2.45) is 0 Å². The first-order valence-corrected chi connectivity index (χ1v) is 6.76. The van der Waals surface area contributed by atoms with Gasteiger partial charge in [0.1, 0.15) is 5.82 Å². The van der Waals surface area contributed by atoms with Crippen molar-refractivity contribution in [1.82, 2.24) is 10.2 Å². The van der Waals surface area contributed by atoms with E-state index >= 15 is 0 Å². The van der Waals surface area contributed by atoms with E-state index in [0.717, 1.165) is 4.88 Å². The van der Waals surface area contributed by atoms with Crippen LogP contribution >= 0.6 is 22.9 Å². The van der Waals surface area contributed by atoms with Gasteiger partial charge in [-0.2, -0.15) is 5.10 Å². The van der Waals surface area contributed by atoms with Crippen LogP contribution in [0.4, 0.5) is 10.2 Å². The third kappa shape index (κ3) is 2.01. The Morgan fingerprint density at radius 3 is 2.74 bits per heavy atom. The first kappa shape index (κ1) is 12.2. The fraction of sp³-hybridized carbons (Fsp3) is 0. The third-order valence-corrected chi connectivity index (χ3v) is 3.98. The average Bonchev–Trinajstić information content (AvgIpc) is 2.99. The summed E-state index contributed by atoms with van der Waals surface area (Å²) in [6, 6.07) is 8.36. The summed E-state index contributed by atoms with van der Waals surface area (Å²) in [6.45, 7) is 0. The van der Waals surface area contributed by atoms with Crippen molar-refractivity contribution < 1.29 is 4.39 Å². The van der Waals surface area contributed by atoms with Crippen LogP contribution in [-0.4, -0.2) is 10.2 Å². The Morgan fingerprint density at radius 2 is 2.05 bits per heavy atom. The quantitative estimate of drug-likeness (QED) is 0.744. The summed E-state index contributed by atoms with van der Waals surface area (Å²) in [6.07, 6.45) is 0. The minimum atomic E-state index is -0.418. The van der Waals surface area contributed by atoms with Crippen LogP contribution in [0.5, 0.6) is 0 Å². The van der Waals surface area contributed by atoms with Crippen molar-refractivity contribution in [3.8, 4) is 21.7 Å². The van der Waals surface area contributed by atoms with Crippen molar-refractivity contribution in [2.75, 3.05) is 5.73 Å². The van der Waals surface area contributed by atoms with Crippen LogP contribution in [0, 0.1) is 5.82 Å². The van der Waals surface area contributed by atoms with Gasteiger partial charge < -0.3 is 5.73 Å². The largest absolute Gasteiger partial charge is 0.382 e. The summed E-state index contributed by atoms with van der Waals surface area (Å²) >= 11 is 7.61. The maximum absolute atomic E-state index is 14.0. The molecule has 0 amide bonds. The normalized spacial score (nSPS) is 10.8. The highest BCUT2D eigenvalue weighted by Gasteiger charge is 2.20. The van der Waals surface area contributed by atoms with Crippen LogP contribution < -0.4 is 5.73 Å². The van der Waals surface area contributed by atoms with E-state index in [1.807, 2.05) is 17.5 Å². The number of hydrogen-bond donors (Lipinski definition) is 2. The Morgan fingerprint density at radius 1 is 1.21 bits per heavy atom. The van der Waals surface area contributed by atoms with Crippen molar-refractivity contribution in [2.45, 2.75) is 0 Å². The first-order chi connectivity index (χ1) is 9.18. The summed E-state index contributed by atoms with van der Waals surface area (Å²) in [5, 5.41) is 9.05. The number of halogens is 2. The van der Waals surface area contributed by atoms with Gasteiger partial charge in [0.05, 0.1) is 21.2 Å². The molecule has 0 unspecified atom stereocenters. The zero-order valence-corrected chi connectivity index (χ0v) is 11.2. The highest BCUT2D eigenvalue weighted by molar-refractivity contribution is 7.13. The zero-order valence-electron chi connectivity index (χ0n) is 9.65. The van der Waals surface area contributed by atoms with E-state index in [-0.39, 0.29) is 11.4 Å². The van der Waals surface area contributed by atoms with E-state index in [0.29, 0.717) is 16.3 Å². The lowest BCUT2D eigenvalue weighted by molar-refractivity contribution is 0.631. The number of thiophene rings is 1. The van der Waals surface area contributed by atoms with E-state index in [1.54, 1.807) is 12.1 Å². The number of anilines is 1. The molecule has 3 nitrogen and oxygen atoms in total. The van der Waals surface area contributed by atoms with Gasteiger partial charge in [0, 0.05) is 5.56 Å². The molecule has 2 heterocycles. The second-order valence-corrected chi connectivity index (χ2v) is 5.29. The molecule has 0 atom stereocenters. The number of nitrogens with one attached hydrogen (secondary N) is 1. The molecule has 1 aromatic carbocycles. The molecule has 0 aliphatic rings. The van der Waals surface area contributed by atoms with Crippen LogP contribution in [0.2, 0.25) is 5.02 Å². The Bertz CT molecular complexity index is 701. The number of benzene rings is 1. The molecule has 0 aliphatic heterocycles. The summed E-state index contributed by atoms with van der Waals surface area (Å²) < 4.78 is 14.0. The van der Waals surface area contributed by atoms with Crippen LogP contribution in [0.3, 0.4) is 0 Å². The molecule has 0 radical (unpaired) electrons. The number of H-pyrrole nitrogens is 1. The van der Waals surface area contributed by atoms with Crippen molar-refractivity contribution in [3.63, 3.8) is 0 Å². The SMILES string of the molecule is Nc1n[nH]c(-c2cccs2)c1-c1c(F)cccc1Cl.